The number of rotatable bonds is 7. The lowest BCUT2D eigenvalue weighted by atomic mass is 9.97. The van der Waals surface area contributed by atoms with E-state index >= 15 is 0 Å². The Hall–Kier alpha value is -1.55. The van der Waals surface area contributed by atoms with E-state index in [9.17, 15) is 4.79 Å². The highest BCUT2D eigenvalue weighted by atomic mass is 127. The Morgan fingerprint density at radius 2 is 1.77 bits per heavy atom. The molecule has 0 bridgehead atoms. The molecule has 2 heterocycles. The molecule has 1 atom stereocenters. The predicted octanol–water partition coefficient (Wildman–Crippen LogP) is 3.30. The Bertz CT molecular complexity index is 699. The fourth-order valence-electron chi connectivity index (χ4n) is 4.40. The van der Waals surface area contributed by atoms with Gasteiger partial charge in [-0.25, -0.2) is 0 Å². The monoisotopic (exact) mass is 544 g/mol. The Morgan fingerprint density at radius 1 is 1.13 bits per heavy atom. The predicted molar refractivity (Wildman–Crippen MR) is 134 cm³/mol. The molecule has 8 heteroatoms. The summed E-state index contributed by atoms with van der Waals surface area (Å²) in [5, 5.41) is 3.45. The quantitative estimate of drug-likeness (QED) is 0.246. The number of benzene rings is 1. The van der Waals surface area contributed by atoms with E-state index in [1.165, 1.54) is 25.5 Å². The molecule has 0 radical (unpaired) electrons. The van der Waals surface area contributed by atoms with Gasteiger partial charge in [-0.2, -0.15) is 0 Å². The lowest BCUT2D eigenvalue weighted by molar-refractivity contribution is -0.146. The van der Waals surface area contributed by atoms with Gasteiger partial charge in [0.15, 0.2) is 5.96 Å². The molecule has 0 saturated carbocycles. The lowest BCUT2D eigenvalue weighted by Gasteiger charge is -2.34. The zero-order valence-electron chi connectivity index (χ0n) is 19.0. The highest BCUT2D eigenvalue weighted by molar-refractivity contribution is 14.0. The summed E-state index contributed by atoms with van der Waals surface area (Å²) in [6.45, 7) is 7.52. The summed E-state index contributed by atoms with van der Waals surface area (Å²) < 4.78 is 10.2. The highest BCUT2D eigenvalue weighted by Gasteiger charge is 2.28. The first-order valence-corrected chi connectivity index (χ1v) is 11.1. The number of esters is 1. The molecule has 0 aromatic heterocycles. The molecule has 1 aromatic rings. The average Bonchev–Trinajstić information content (AvgIpc) is 3.33. The smallest absolute Gasteiger partial charge is 0.308 e. The third-order valence-corrected chi connectivity index (χ3v) is 6.16. The summed E-state index contributed by atoms with van der Waals surface area (Å²) in [6, 6.07) is 8.65. The van der Waals surface area contributed by atoms with Crippen LogP contribution < -0.4 is 10.1 Å². The van der Waals surface area contributed by atoms with Crippen LogP contribution in [-0.2, 0) is 9.53 Å². The van der Waals surface area contributed by atoms with Crippen LogP contribution in [0.1, 0.15) is 44.2 Å². The third kappa shape index (κ3) is 6.97. The number of piperidine rings is 1. The summed E-state index contributed by atoms with van der Waals surface area (Å²) in [5.74, 6) is 1.73. The van der Waals surface area contributed by atoms with E-state index in [0.717, 1.165) is 57.3 Å². The SMILES string of the molecule is CCNC(=NCC(c1ccc(OC)cc1)N1CCCC1)N1CCC(C(=O)OC)CC1.I. The number of carbonyl (C=O) groups excluding carboxylic acids is 1. The molecule has 0 amide bonds. The number of guanidine groups is 1. The largest absolute Gasteiger partial charge is 0.497 e. The van der Waals surface area contributed by atoms with Gasteiger partial charge < -0.3 is 19.7 Å². The molecule has 0 aliphatic carbocycles. The number of carbonyl (C=O) groups is 1. The zero-order chi connectivity index (χ0) is 21.3. The first kappa shape index (κ1) is 25.7. The van der Waals surface area contributed by atoms with Gasteiger partial charge in [-0.15, -0.1) is 24.0 Å². The van der Waals surface area contributed by atoms with Crippen molar-refractivity contribution in [2.75, 3.05) is 53.5 Å². The number of likely N-dealkylation sites (tertiary alicyclic amines) is 2. The van der Waals surface area contributed by atoms with E-state index < -0.39 is 0 Å². The number of nitrogens with zero attached hydrogens (tertiary/aromatic N) is 3. The van der Waals surface area contributed by atoms with E-state index in [4.69, 9.17) is 14.5 Å². The second kappa shape index (κ2) is 13.1. The summed E-state index contributed by atoms with van der Waals surface area (Å²) in [4.78, 5) is 21.7. The molecule has 1 unspecified atom stereocenters. The van der Waals surface area contributed by atoms with Crippen LogP contribution in [0.3, 0.4) is 0 Å². The van der Waals surface area contributed by atoms with Crippen LogP contribution in [0, 0.1) is 5.92 Å². The molecule has 2 aliphatic heterocycles. The van der Waals surface area contributed by atoms with E-state index in [1.807, 2.05) is 12.1 Å². The highest BCUT2D eigenvalue weighted by Crippen LogP contribution is 2.27. The molecule has 1 aromatic carbocycles. The van der Waals surface area contributed by atoms with E-state index in [2.05, 4.69) is 34.2 Å². The van der Waals surface area contributed by atoms with Gasteiger partial charge >= 0.3 is 5.97 Å². The van der Waals surface area contributed by atoms with Crippen LogP contribution in [0.15, 0.2) is 29.3 Å². The fourth-order valence-corrected chi connectivity index (χ4v) is 4.40. The summed E-state index contributed by atoms with van der Waals surface area (Å²) in [7, 11) is 3.17. The van der Waals surface area contributed by atoms with Crippen molar-refractivity contribution in [3.63, 3.8) is 0 Å². The van der Waals surface area contributed by atoms with Gasteiger partial charge in [0, 0.05) is 19.6 Å². The molecule has 2 aliphatic rings. The second-order valence-corrected chi connectivity index (χ2v) is 8.01. The van der Waals surface area contributed by atoms with Gasteiger partial charge in [-0.05, 0) is 63.4 Å². The zero-order valence-corrected chi connectivity index (χ0v) is 21.3. The molecule has 2 fully saturated rings. The van der Waals surface area contributed by atoms with Crippen LogP contribution in [0.2, 0.25) is 0 Å². The van der Waals surface area contributed by atoms with Gasteiger partial charge in [0.2, 0.25) is 0 Å². The normalized spacial score (nSPS) is 18.9. The van der Waals surface area contributed by atoms with Gasteiger partial charge in [-0.3, -0.25) is 14.7 Å². The van der Waals surface area contributed by atoms with Crippen molar-refractivity contribution in [3.05, 3.63) is 29.8 Å². The van der Waals surface area contributed by atoms with Gasteiger partial charge in [-0.1, -0.05) is 12.1 Å². The van der Waals surface area contributed by atoms with Crippen molar-refractivity contribution in [3.8, 4) is 5.75 Å². The number of hydrogen-bond donors (Lipinski definition) is 1. The molecule has 2 saturated heterocycles. The maximum atomic E-state index is 11.8. The van der Waals surface area contributed by atoms with Gasteiger partial charge in [0.05, 0.1) is 32.7 Å². The number of methoxy groups -OCH3 is 2. The number of ether oxygens (including phenoxy) is 2. The Balaban J connectivity index is 0.00000341. The number of aliphatic imine (C=N–C) groups is 1. The molecule has 174 valence electrons. The van der Waals surface area contributed by atoms with Crippen molar-refractivity contribution < 1.29 is 14.3 Å². The first-order chi connectivity index (χ1) is 14.7. The Kier molecular flexibility index (Phi) is 10.9. The number of hydrogen-bond acceptors (Lipinski definition) is 5. The topological polar surface area (TPSA) is 66.4 Å². The minimum absolute atomic E-state index is 0. The molecular formula is C23H37IN4O3. The van der Waals surface area contributed by atoms with E-state index in [0.29, 0.717) is 6.54 Å². The molecule has 0 spiro atoms. The van der Waals surface area contributed by atoms with Crippen LogP contribution in [-0.4, -0.2) is 75.2 Å². The van der Waals surface area contributed by atoms with Crippen molar-refractivity contribution >= 4 is 35.9 Å². The number of nitrogens with one attached hydrogen (secondary N) is 1. The molecule has 3 rings (SSSR count). The summed E-state index contributed by atoms with van der Waals surface area (Å²) in [5.41, 5.74) is 1.28. The Labute approximate surface area is 203 Å². The summed E-state index contributed by atoms with van der Waals surface area (Å²) in [6.07, 6.45) is 4.12. The van der Waals surface area contributed by atoms with Crippen LogP contribution in [0.4, 0.5) is 0 Å². The first-order valence-electron chi connectivity index (χ1n) is 11.1. The molecule has 7 nitrogen and oxygen atoms in total. The van der Waals surface area contributed by atoms with Gasteiger partial charge in [0.25, 0.3) is 0 Å². The fraction of sp³-hybridized carbons (Fsp3) is 0.652. The van der Waals surface area contributed by atoms with E-state index in [-0.39, 0.29) is 41.9 Å². The second-order valence-electron chi connectivity index (χ2n) is 8.01. The van der Waals surface area contributed by atoms with Crippen LogP contribution in [0.25, 0.3) is 0 Å². The molecular weight excluding hydrogens is 507 g/mol. The number of halogens is 1. The molecule has 1 N–H and O–H groups in total. The maximum Gasteiger partial charge on any atom is 0.308 e. The van der Waals surface area contributed by atoms with Gasteiger partial charge in [0.1, 0.15) is 5.75 Å². The minimum atomic E-state index is -0.0924. The Morgan fingerprint density at radius 3 is 2.32 bits per heavy atom. The van der Waals surface area contributed by atoms with E-state index in [1.54, 1.807) is 7.11 Å². The maximum absolute atomic E-state index is 11.8. The summed E-state index contributed by atoms with van der Waals surface area (Å²) >= 11 is 0. The van der Waals surface area contributed by atoms with Crippen LogP contribution in [0.5, 0.6) is 5.75 Å². The van der Waals surface area contributed by atoms with Crippen molar-refractivity contribution in [1.82, 2.24) is 15.1 Å². The van der Waals surface area contributed by atoms with Crippen molar-refractivity contribution in [2.45, 2.75) is 38.6 Å². The van der Waals surface area contributed by atoms with Crippen molar-refractivity contribution in [2.24, 2.45) is 10.9 Å². The minimum Gasteiger partial charge on any atom is -0.497 e. The standard InChI is InChI=1S/C23H36N4O3.HI/c1-4-24-23(27-15-11-19(12-16-27)22(28)30-3)25-17-21(26-13-5-6-14-26)18-7-9-20(29-2)10-8-18;/h7-10,19,21H,4-6,11-17H2,1-3H3,(H,24,25);1H. The van der Waals surface area contributed by atoms with Crippen molar-refractivity contribution in [1.29, 1.82) is 0 Å². The third-order valence-electron chi connectivity index (χ3n) is 6.16. The average molecular weight is 544 g/mol. The van der Waals surface area contributed by atoms with Crippen LogP contribution >= 0.6 is 24.0 Å². The molecule has 31 heavy (non-hydrogen) atoms. The lowest BCUT2D eigenvalue weighted by Crippen LogP contribution is -2.47.